The van der Waals surface area contributed by atoms with Crippen molar-refractivity contribution < 1.29 is 14.3 Å². The Bertz CT molecular complexity index is 1010. The molecule has 0 aromatic heterocycles. The summed E-state index contributed by atoms with van der Waals surface area (Å²) in [5, 5.41) is 8.97. The average molecular weight is 389 g/mol. The summed E-state index contributed by atoms with van der Waals surface area (Å²) in [5.74, 6) is 0.195. The SMILES string of the molecule is CCOc1ccc(NC(=O)CCC(=O)N/N=C/c2ccc3ccccc3c2)cc1. The van der Waals surface area contributed by atoms with E-state index in [0.29, 0.717) is 12.3 Å². The zero-order valence-electron chi connectivity index (χ0n) is 16.2. The largest absolute Gasteiger partial charge is 0.494 e. The highest BCUT2D eigenvalue weighted by molar-refractivity contribution is 5.94. The van der Waals surface area contributed by atoms with Crippen LogP contribution in [0.2, 0.25) is 0 Å². The van der Waals surface area contributed by atoms with E-state index < -0.39 is 0 Å². The molecule has 6 nitrogen and oxygen atoms in total. The first-order valence-electron chi connectivity index (χ1n) is 9.47. The minimum Gasteiger partial charge on any atom is -0.494 e. The third-order valence-corrected chi connectivity index (χ3v) is 4.20. The van der Waals surface area contributed by atoms with Gasteiger partial charge in [-0.1, -0.05) is 36.4 Å². The van der Waals surface area contributed by atoms with Gasteiger partial charge in [0, 0.05) is 18.5 Å². The molecule has 0 unspecified atom stereocenters. The highest BCUT2D eigenvalue weighted by Crippen LogP contribution is 2.16. The van der Waals surface area contributed by atoms with Gasteiger partial charge in [-0.3, -0.25) is 9.59 Å². The molecule has 3 aromatic rings. The summed E-state index contributed by atoms with van der Waals surface area (Å²) in [6.07, 6.45) is 1.72. The van der Waals surface area contributed by atoms with Crippen molar-refractivity contribution in [2.75, 3.05) is 11.9 Å². The molecule has 0 saturated heterocycles. The lowest BCUT2D eigenvalue weighted by atomic mass is 10.1. The van der Waals surface area contributed by atoms with Gasteiger partial charge in [0.2, 0.25) is 11.8 Å². The molecule has 0 fully saturated rings. The van der Waals surface area contributed by atoms with Crippen LogP contribution >= 0.6 is 0 Å². The molecule has 0 atom stereocenters. The van der Waals surface area contributed by atoms with Crippen molar-refractivity contribution in [2.24, 2.45) is 5.10 Å². The minimum atomic E-state index is -0.316. The van der Waals surface area contributed by atoms with Crippen molar-refractivity contribution in [3.63, 3.8) is 0 Å². The molecular formula is C23H23N3O3. The van der Waals surface area contributed by atoms with Crippen LogP contribution in [0.1, 0.15) is 25.3 Å². The van der Waals surface area contributed by atoms with E-state index in [-0.39, 0.29) is 24.7 Å². The van der Waals surface area contributed by atoms with Gasteiger partial charge in [0.15, 0.2) is 0 Å². The van der Waals surface area contributed by atoms with E-state index in [2.05, 4.69) is 15.8 Å². The molecule has 0 aliphatic carbocycles. The molecule has 0 radical (unpaired) electrons. The number of nitrogens with one attached hydrogen (secondary N) is 2. The van der Waals surface area contributed by atoms with Gasteiger partial charge in [0.05, 0.1) is 12.8 Å². The smallest absolute Gasteiger partial charge is 0.240 e. The van der Waals surface area contributed by atoms with Crippen molar-refractivity contribution in [1.82, 2.24) is 5.43 Å². The Morgan fingerprint density at radius 3 is 2.41 bits per heavy atom. The number of hydrogen-bond donors (Lipinski definition) is 2. The number of fused-ring (bicyclic) bond motifs is 1. The molecule has 0 bridgehead atoms. The van der Waals surface area contributed by atoms with Gasteiger partial charge in [-0.15, -0.1) is 0 Å². The molecule has 0 saturated carbocycles. The first-order valence-corrected chi connectivity index (χ1v) is 9.47. The fraction of sp³-hybridized carbons (Fsp3) is 0.174. The summed E-state index contributed by atoms with van der Waals surface area (Å²) in [6, 6.07) is 21.0. The van der Waals surface area contributed by atoms with Crippen molar-refractivity contribution in [2.45, 2.75) is 19.8 Å². The summed E-state index contributed by atoms with van der Waals surface area (Å²) in [6.45, 7) is 2.50. The van der Waals surface area contributed by atoms with Crippen molar-refractivity contribution >= 4 is 34.5 Å². The maximum atomic E-state index is 12.0. The first kappa shape index (κ1) is 20.1. The molecule has 0 heterocycles. The molecule has 3 rings (SSSR count). The second-order valence-electron chi connectivity index (χ2n) is 6.41. The minimum absolute atomic E-state index is 0.0535. The second-order valence-corrected chi connectivity index (χ2v) is 6.41. The number of amides is 2. The second kappa shape index (κ2) is 10.0. The lowest BCUT2D eigenvalue weighted by molar-refractivity contribution is -0.124. The van der Waals surface area contributed by atoms with Gasteiger partial charge in [-0.2, -0.15) is 5.10 Å². The summed E-state index contributed by atoms with van der Waals surface area (Å²) in [4.78, 5) is 23.9. The maximum Gasteiger partial charge on any atom is 0.240 e. The van der Waals surface area contributed by atoms with E-state index in [9.17, 15) is 9.59 Å². The topological polar surface area (TPSA) is 79.8 Å². The van der Waals surface area contributed by atoms with Crippen LogP contribution < -0.4 is 15.5 Å². The van der Waals surface area contributed by atoms with E-state index in [1.54, 1.807) is 30.5 Å². The zero-order chi connectivity index (χ0) is 20.5. The van der Waals surface area contributed by atoms with Gasteiger partial charge in [0.25, 0.3) is 0 Å². The third-order valence-electron chi connectivity index (χ3n) is 4.20. The van der Waals surface area contributed by atoms with Crippen LogP contribution in [-0.2, 0) is 9.59 Å². The van der Waals surface area contributed by atoms with Crippen molar-refractivity contribution in [1.29, 1.82) is 0 Å². The van der Waals surface area contributed by atoms with Gasteiger partial charge >= 0.3 is 0 Å². The zero-order valence-corrected chi connectivity index (χ0v) is 16.2. The molecule has 2 N–H and O–H groups in total. The Hall–Kier alpha value is -3.67. The predicted molar refractivity (Wildman–Crippen MR) is 115 cm³/mol. The quantitative estimate of drug-likeness (QED) is 0.449. The standard InChI is InChI=1S/C23H23N3O3/c1-2-29-21-11-9-20(10-12-21)25-22(27)13-14-23(28)26-24-16-17-7-8-18-5-3-4-6-19(18)15-17/h3-12,15-16H,2,13-14H2,1H3,(H,25,27)(H,26,28)/b24-16+. The van der Waals surface area contributed by atoms with Crippen molar-refractivity contribution in [3.05, 3.63) is 72.3 Å². The number of hydrazone groups is 1. The van der Waals surface area contributed by atoms with Crippen LogP contribution in [0, 0.1) is 0 Å². The lowest BCUT2D eigenvalue weighted by Gasteiger charge is -2.07. The summed E-state index contributed by atoms with van der Waals surface area (Å²) < 4.78 is 5.36. The number of hydrogen-bond acceptors (Lipinski definition) is 4. The summed E-state index contributed by atoms with van der Waals surface area (Å²) in [5.41, 5.74) is 4.00. The fourth-order valence-electron chi connectivity index (χ4n) is 2.77. The number of rotatable bonds is 8. The molecule has 2 amide bonds. The monoisotopic (exact) mass is 389 g/mol. The number of benzene rings is 3. The lowest BCUT2D eigenvalue weighted by Crippen LogP contribution is -2.20. The van der Waals surface area contributed by atoms with Gasteiger partial charge < -0.3 is 10.1 Å². The molecular weight excluding hydrogens is 366 g/mol. The van der Waals surface area contributed by atoms with E-state index in [1.165, 1.54) is 0 Å². The Morgan fingerprint density at radius 1 is 0.931 bits per heavy atom. The van der Waals surface area contributed by atoms with Gasteiger partial charge in [-0.25, -0.2) is 5.43 Å². The van der Waals surface area contributed by atoms with Gasteiger partial charge in [-0.05, 0) is 53.6 Å². The number of anilines is 1. The normalized spacial score (nSPS) is 10.8. The fourth-order valence-corrected chi connectivity index (χ4v) is 2.77. The van der Waals surface area contributed by atoms with Crippen LogP contribution in [0.4, 0.5) is 5.69 Å². The summed E-state index contributed by atoms with van der Waals surface area (Å²) in [7, 11) is 0. The van der Waals surface area contributed by atoms with E-state index >= 15 is 0 Å². The van der Waals surface area contributed by atoms with E-state index in [0.717, 1.165) is 22.1 Å². The van der Waals surface area contributed by atoms with Gasteiger partial charge in [0.1, 0.15) is 5.75 Å². The van der Waals surface area contributed by atoms with Crippen molar-refractivity contribution in [3.8, 4) is 5.75 Å². The van der Waals surface area contributed by atoms with Crippen LogP contribution in [0.3, 0.4) is 0 Å². The Kier molecular flexibility index (Phi) is 6.95. The number of carbonyl (C=O) groups is 2. The molecule has 148 valence electrons. The Morgan fingerprint density at radius 2 is 1.66 bits per heavy atom. The Labute approximate surface area is 169 Å². The number of carbonyl (C=O) groups excluding carboxylic acids is 2. The molecule has 0 aliphatic rings. The predicted octanol–water partition coefficient (Wildman–Crippen LogP) is 4.11. The van der Waals surface area contributed by atoms with Crippen LogP contribution in [0.25, 0.3) is 10.8 Å². The highest BCUT2D eigenvalue weighted by Gasteiger charge is 2.07. The third kappa shape index (κ3) is 6.17. The molecule has 6 heteroatoms. The maximum absolute atomic E-state index is 12.0. The molecule has 29 heavy (non-hydrogen) atoms. The van der Waals surface area contributed by atoms with Crippen LogP contribution in [0.5, 0.6) is 5.75 Å². The van der Waals surface area contributed by atoms with E-state index in [1.807, 2.05) is 49.4 Å². The molecule has 0 spiro atoms. The average Bonchev–Trinajstić information content (AvgIpc) is 2.74. The Balaban J connectivity index is 1.42. The number of ether oxygens (including phenoxy) is 1. The number of nitrogens with zero attached hydrogens (tertiary/aromatic N) is 1. The molecule has 0 aliphatic heterocycles. The summed E-state index contributed by atoms with van der Waals surface area (Å²) >= 11 is 0. The first-order chi connectivity index (χ1) is 14.1. The van der Waals surface area contributed by atoms with Crippen LogP contribution in [0.15, 0.2) is 71.8 Å². The van der Waals surface area contributed by atoms with E-state index in [4.69, 9.17) is 4.74 Å². The highest BCUT2D eigenvalue weighted by atomic mass is 16.5. The van der Waals surface area contributed by atoms with Crippen LogP contribution in [-0.4, -0.2) is 24.6 Å². The molecule has 3 aromatic carbocycles.